The molecule has 1 amide bonds. The molecule has 2 N–H and O–H groups in total. The van der Waals surface area contributed by atoms with Crippen LogP contribution in [0.5, 0.6) is 11.5 Å². The molecule has 2 aromatic carbocycles. The first-order valence-electron chi connectivity index (χ1n) is 9.40. The maximum Gasteiger partial charge on any atom is 0.349 e. The normalized spacial score (nSPS) is 12.1. The van der Waals surface area contributed by atoms with E-state index >= 15 is 0 Å². The van der Waals surface area contributed by atoms with Gasteiger partial charge < -0.3 is 24.6 Å². The Morgan fingerprint density at radius 1 is 0.812 bits per heavy atom. The minimum Gasteiger partial charge on any atom is -0.426 e. The third-order valence-corrected chi connectivity index (χ3v) is 3.96. The van der Waals surface area contributed by atoms with Crippen molar-refractivity contribution < 1.29 is 43.3 Å². The molecule has 0 saturated heterocycles. The monoisotopic (exact) mass is 443 g/mol. The van der Waals surface area contributed by atoms with Crippen molar-refractivity contribution in [3.8, 4) is 11.5 Å². The first-order chi connectivity index (χ1) is 15.1. The lowest BCUT2D eigenvalue weighted by Crippen LogP contribution is -2.49. The molecule has 32 heavy (non-hydrogen) atoms. The summed E-state index contributed by atoms with van der Waals surface area (Å²) in [6.45, 7) is 3.51. The average Bonchev–Trinajstić information content (AvgIpc) is 2.71. The first-order valence-corrected chi connectivity index (χ1v) is 9.40. The number of ether oxygens (including phenoxy) is 3. The molecule has 2 rings (SSSR count). The van der Waals surface area contributed by atoms with Crippen LogP contribution in [0.1, 0.15) is 41.5 Å². The van der Waals surface area contributed by atoms with Gasteiger partial charge in [0.05, 0.1) is 11.7 Å². The quantitative estimate of drug-likeness (QED) is 0.368. The fourth-order valence-electron chi connectivity index (χ4n) is 2.58. The van der Waals surface area contributed by atoms with Crippen molar-refractivity contribution in [2.75, 3.05) is 0 Å². The number of aliphatic hydroxyl groups excluding tert-OH is 1. The molecule has 2 unspecified atom stereocenters. The van der Waals surface area contributed by atoms with Crippen LogP contribution in [0.25, 0.3) is 0 Å². The third kappa shape index (κ3) is 6.47. The summed E-state index contributed by atoms with van der Waals surface area (Å²) in [4.78, 5) is 60.0. The van der Waals surface area contributed by atoms with Crippen LogP contribution in [-0.4, -0.2) is 47.0 Å². The second kappa shape index (κ2) is 10.8. The third-order valence-electron chi connectivity index (χ3n) is 3.96. The van der Waals surface area contributed by atoms with Gasteiger partial charge in [0, 0.05) is 13.8 Å². The van der Waals surface area contributed by atoms with Crippen LogP contribution in [0, 0.1) is 0 Å². The van der Waals surface area contributed by atoms with E-state index in [0.717, 1.165) is 13.8 Å². The molecule has 0 saturated carbocycles. The Morgan fingerprint density at radius 3 is 1.78 bits per heavy atom. The zero-order chi connectivity index (χ0) is 23.8. The highest BCUT2D eigenvalue weighted by molar-refractivity contribution is 6.03. The van der Waals surface area contributed by atoms with Gasteiger partial charge >= 0.3 is 23.9 Å². The van der Waals surface area contributed by atoms with E-state index in [1.807, 2.05) is 0 Å². The Balaban J connectivity index is 2.19. The molecule has 0 fully saturated rings. The highest BCUT2D eigenvalue weighted by atomic mass is 16.6. The van der Waals surface area contributed by atoms with Gasteiger partial charge in [-0.2, -0.15) is 0 Å². The Labute approximate surface area is 183 Å². The van der Waals surface area contributed by atoms with Gasteiger partial charge in [-0.1, -0.05) is 24.3 Å². The number of benzene rings is 2. The van der Waals surface area contributed by atoms with Crippen LogP contribution < -0.4 is 14.8 Å². The lowest BCUT2D eigenvalue weighted by Gasteiger charge is -2.20. The second-order valence-corrected chi connectivity index (χ2v) is 6.58. The molecule has 0 aromatic heterocycles. The molecule has 0 radical (unpaired) electrons. The predicted octanol–water partition coefficient (Wildman–Crippen LogP) is 1.40. The molecule has 168 valence electrons. The number of nitrogens with one attached hydrogen (secondary N) is 1. The fourth-order valence-corrected chi connectivity index (χ4v) is 2.58. The van der Waals surface area contributed by atoms with Crippen LogP contribution in [0.15, 0.2) is 48.5 Å². The summed E-state index contributed by atoms with van der Waals surface area (Å²) in [5.41, 5.74) is -0.278. The Hall–Kier alpha value is -4.05. The predicted molar refractivity (Wildman–Crippen MR) is 109 cm³/mol. The second-order valence-electron chi connectivity index (χ2n) is 6.58. The molecular weight excluding hydrogens is 422 g/mol. The van der Waals surface area contributed by atoms with Gasteiger partial charge in [-0.15, -0.1) is 0 Å². The van der Waals surface area contributed by atoms with Gasteiger partial charge in [-0.25, -0.2) is 9.59 Å². The number of esters is 4. The molecule has 0 aliphatic carbocycles. The Kier molecular flexibility index (Phi) is 8.19. The molecule has 0 aliphatic rings. The van der Waals surface area contributed by atoms with E-state index in [1.54, 1.807) is 0 Å². The highest BCUT2D eigenvalue weighted by Crippen LogP contribution is 2.21. The number of hydrogen-bond donors (Lipinski definition) is 2. The summed E-state index contributed by atoms with van der Waals surface area (Å²) < 4.78 is 14.7. The van der Waals surface area contributed by atoms with E-state index < -0.39 is 41.9 Å². The van der Waals surface area contributed by atoms with Crippen molar-refractivity contribution >= 4 is 29.8 Å². The molecular formula is C22H21NO9. The van der Waals surface area contributed by atoms with Crippen LogP contribution in [-0.2, 0) is 19.1 Å². The number of carbonyl (C=O) groups is 5. The van der Waals surface area contributed by atoms with Gasteiger partial charge in [-0.05, 0) is 31.2 Å². The van der Waals surface area contributed by atoms with Crippen molar-refractivity contribution in [2.45, 2.75) is 32.9 Å². The molecule has 0 spiro atoms. The largest absolute Gasteiger partial charge is 0.426 e. The summed E-state index contributed by atoms with van der Waals surface area (Å²) in [5.74, 6) is -4.76. The number of aliphatic hydroxyl groups is 1. The highest BCUT2D eigenvalue weighted by Gasteiger charge is 2.31. The van der Waals surface area contributed by atoms with Crippen molar-refractivity contribution in [3.63, 3.8) is 0 Å². The van der Waals surface area contributed by atoms with E-state index in [4.69, 9.17) is 14.2 Å². The lowest BCUT2D eigenvalue weighted by atomic mass is 10.1. The van der Waals surface area contributed by atoms with Gasteiger partial charge in [0.2, 0.25) is 0 Å². The van der Waals surface area contributed by atoms with Crippen molar-refractivity contribution in [3.05, 3.63) is 59.7 Å². The molecule has 2 aromatic rings. The summed E-state index contributed by atoms with van der Waals surface area (Å²) in [7, 11) is 0. The molecule has 0 bridgehead atoms. The van der Waals surface area contributed by atoms with Crippen molar-refractivity contribution in [2.24, 2.45) is 0 Å². The molecule has 10 nitrogen and oxygen atoms in total. The molecule has 10 heteroatoms. The number of rotatable bonds is 7. The standard InChI is InChI=1S/C22H21NO9/c1-12(24)19(23-20(27)15-8-4-6-10-17(15)30-13(2)25)22(29)32-21(28)16-9-5-7-11-18(16)31-14(3)26/h4-12,19,24H,1-3H3,(H,23,27). The van der Waals surface area contributed by atoms with Gasteiger partial charge in [0.25, 0.3) is 5.91 Å². The van der Waals surface area contributed by atoms with E-state index in [0.29, 0.717) is 0 Å². The lowest BCUT2D eigenvalue weighted by molar-refractivity contribution is -0.142. The maximum atomic E-state index is 12.6. The zero-order valence-electron chi connectivity index (χ0n) is 17.5. The number of carbonyl (C=O) groups excluding carboxylic acids is 5. The minimum absolute atomic E-state index is 0.0541. The molecule has 0 heterocycles. The maximum absolute atomic E-state index is 12.6. The first kappa shape index (κ1) is 24.2. The number of amides is 1. The Bertz CT molecular complexity index is 1050. The number of para-hydroxylation sites is 2. The summed E-state index contributed by atoms with van der Waals surface area (Å²) >= 11 is 0. The van der Waals surface area contributed by atoms with Gasteiger partial charge in [0.1, 0.15) is 17.1 Å². The smallest absolute Gasteiger partial charge is 0.349 e. The molecule has 2 atom stereocenters. The van der Waals surface area contributed by atoms with Crippen LogP contribution in [0.3, 0.4) is 0 Å². The van der Waals surface area contributed by atoms with Gasteiger partial charge in [0.15, 0.2) is 6.04 Å². The van der Waals surface area contributed by atoms with Crippen molar-refractivity contribution in [1.29, 1.82) is 0 Å². The van der Waals surface area contributed by atoms with E-state index in [9.17, 15) is 29.1 Å². The van der Waals surface area contributed by atoms with Crippen LogP contribution in [0.4, 0.5) is 0 Å². The SMILES string of the molecule is CC(=O)Oc1ccccc1C(=O)NC(C(=O)OC(=O)c1ccccc1OC(C)=O)C(C)O. The minimum atomic E-state index is -1.63. The summed E-state index contributed by atoms with van der Waals surface area (Å²) in [6, 6.07) is 9.73. The van der Waals surface area contributed by atoms with E-state index in [-0.39, 0.29) is 22.6 Å². The van der Waals surface area contributed by atoms with Crippen LogP contribution >= 0.6 is 0 Å². The van der Waals surface area contributed by atoms with Crippen LogP contribution in [0.2, 0.25) is 0 Å². The Morgan fingerprint density at radius 2 is 1.28 bits per heavy atom. The van der Waals surface area contributed by atoms with Crippen molar-refractivity contribution in [1.82, 2.24) is 5.32 Å². The zero-order valence-corrected chi connectivity index (χ0v) is 17.5. The van der Waals surface area contributed by atoms with Gasteiger partial charge in [-0.3, -0.25) is 14.4 Å². The van der Waals surface area contributed by atoms with E-state index in [2.05, 4.69) is 5.32 Å². The summed E-state index contributed by atoms with van der Waals surface area (Å²) in [5, 5.41) is 12.2. The number of hydrogen-bond acceptors (Lipinski definition) is 9. The topological polar surface area (TPSA) is 145 Å². The summed E-state index contributed by atoms with van der Waals surface area (Å²) in [6.07, 6.45) is -1.44. The van der Waals surface area contributed by atoms with E-state index in [1.165, 1.54) is 55.5 Å². The fraction of sp³-hybridized carbons (Fsp3) is 0.227. The molecule has 0 aliphatic heterocycles. The average molecular weight is 443 g/mol.